The maximum absolute atomic E-state index is 12.4. The first-order chi connectivity index (χ1) is 11.3. The van der Waals surface area contributed by atoms with Crippen molar-refractivity contribution in [2.24, 2.45) is 0 Å². The highest BCUT2D eigenvalue weighted by atomic mass is 16.8. The Morgan fingerprint density at radius 3 is 2.39 bits per heavy atom. The number of carbonyl (C=O) groups excluding carboxylic acids is 1. The lowest BCUT2D eigenvalue weighted by Gasteiger charge is -2.25. The summed E-state index contributed by atoms with van der Waals surface area (Å²) in [7, 11) is 0. The Morgan fingerprint density at radius 1 is 1.17 bits per heavy atom. The number of hydrogen-bond acceptors (Lipinski definition) is 5. The van der Waals surface area contributed by atoms with Crippen LogP contribution in [-0.2, 0) is 22.7 Å². The molecule has 1 atom stereocenters. The first kappa shape index (κ1) is 15.6. The number of carbonyl (C=O) groups is 1. The molecule has 3 rings (SSSR count). The summed E-state index contributed by atoms with van der Waals surface area (Å²) in [6, 6.07) is 6.82. The summed E-state index contributed by atoms with van der Waals surface area (Å²) >= 11 is 0. The van der Waals surface area contributed by atoms with Gasteiger partial charge in [-0.1, -0.05) is 0 Å². The Labute approximate surface area is 134 Å². The molecule has 3 heterocycles. The van der Waals surface area contributed by atoms with E-state index in [0.29, 0.717) is 31.2 Å². The lowest BCUT2D eigenvalue weighted by Crippen LogP contribution is -2.41. The standard InChI is InChI=1S/C16H20N2O5/c19-16(17-23-15-7-1-2-8-22-15)18(11-13-5-3-9-20-13)12-14-6-4-10-21-14/h3-6,9-10,15H,1-2,7-8,11-12H2,(H,17,19)/t15-/m1/s1. The lowest BCUT2D eigenvalue weighted by molar-refractivity contribution is -0.187. The van der Waals surface area contributed by atoms with Crippen LogP contribution in [0.15, 0.2) is 45.6 Å². The molecule has 0 unspecified atom stereocenters. The second-order valence-corrected chi connectivity index (χ2v) is 5.34. The van der Waals surface area contributed by atoms with Crippen LogP contribution in [0.5, 0.6) is 0 Å². The molecule has 0 aromatic carbocycles. The van der Waals surface area contributed by atoms with E-state index in [1.54, 1.807) is 29.6 Å². The summed E-state index contributed by atoms with van der Waals surface area (Å²) in [4.78, 5) is 19.3. The minimum absolute atomic E-state index is 0.314. The molecule has 7 heteroatoms. The van der Waals surface area contributed by atoms with E-state index in [2.05, 4.69) is 5.48 Å². The van der Waals surface area contributed by atoms with Crippen LogP contribution in [0, 0.1) is 0 Å². The normalized spacial score (nSPS) is 17.8. The molecule has 124 valence electrons. The second-order valence-electron chi connectivity index (χ2n) is 5.34. The molecule has 0 saturated carbocycles. The zero-order valence-corrected chi connectivity index (χ0v) is 12.8. The average molecular weight is 320 g/mol. The molecule has 1 N–H and O–H groups in total. The number of urea groups is 1. The number of hydroxylamine groups is 1. The molecule has 7 nitrogen and oxygen atoms in total. The number of hydrogen-bond donors (Lipinski definition) is 1. The fourth-order valence-corrected chi connectivity index (χ4v) is 2.37. The summed E-state index contributed by atoms with van der Waals surface area (Å²) in [6.45, 7) is 1.28. The van der Waals surface area contributed by atoms with Crippen molar-refractivity contribution in [3.63, 3.8) is 0 Å². The van der Waals surface area contributed by atoms with Gasteiger partial charge in [0.05, 0.1) is 25.6 Å². The number of nitrogens with one attached hydrogen (secondary N) is 1. The molecule has 23 heavy (non-hydrogen) atoms. The predicted molar refractivity (Wildman–Crippen MR) is 79.9 cm³/mol. The van der Waals surface area contributed by atoms with E-state index in [9.17, 15) is 4.79 Å². The van der Waals surface area contributed by atoms with Crippen molar-refractivity contribution in [3.05, 3.63) is 48.3 Å². The van der Waals surface area contributed by atoms with E-state index in [4.69, 9.17) is 18.4 Å². The second kappa shape index (κ2) is 7.85. The van der Waals surface area contributed by atoms with Crippen molar-refractivity contribution in [1.82, 2.24) is 10.4 Å². The van der Waals surface area contributed by atoms with E-state index in [1.807, 2.05) is 12.1 Å². The van der Waals surface area contributed by atoms with Crippen molar-refractivity contribution in [3.8, 4) is 0 Å². The maximum atomic E-state index is 12.4. The highest BCUT2D eigenvalue weighted by Gasteiger charge is 2.20. The summed E-state index contributed by atoms with van der Waals surface area (Å²) in [5.41, 5.74) is 2.46. The molecule has 1 aliphatic heterocycles. The van der Waals surface area contributed by atoms with Gasteiger partial charge in [0, 0.05) is 13.0 Å². The summed E-state index contributed by atoms with van der Waals surface area (Å²) < 4.78 is 16.0. The van der Waals surface area contributed by atoms with Crippen molar-refractivity contribution in [2.45, 2.75) is 38.6 Å². The van der Waals surface area contributed by atoms with Gasteiger partial charge in [0.1, 0.15) is 11.5 Å². The van der Waals surface area contributed by atoms with Gasteiger partial charge in [-0.25, -0.2) is 15.1 Å². The summed E-state index contributed by atoms with van der Waals surface area (Å²) in [6.07, 6.45) is 5.59. The number of amides is 2. The third kappa shape index (κ3) is 4.61. The van der Waals surface area contributed by atoms with Crippen LogP contribution in [0.2, 0.25) is 0 Å². The number of rotatable bonds is 6. The minimum atomic E-state index is -0.387. The van der Waals surface area contributed by atoms with Crippen molar-refractivity contribution in [2.75, 3.05) is 6.61 Å². The summed E-state index contributed by atoms with van der Waals surface area (Å²) in [5, 5.41) is 0. The fourth-order valence-electron chi connectivity index (χ4n) is 2.37. The van der Waals surface area contributed by atoms with Crippen molar-refractivity contribution < 1.29 is 23.2 Å². The minimum Gasteiger partial charge on any atom is -0.467 e. The first-order valence-corrected chi connectivity index (χ1v) is 7.68. The largest absolute Gasteiger partial charge is 0.467 e. The maximum Gasteiger partial charge on any atom is 0.342 e. The highest BCUT2D eigenvalue weighted by Crippen LogP contribution is 2.14. The Morgan fingerprint density at radius 2 is 1.87 bits per heavy atom. The smallest absolute Gasteiger partial charge is 0.342 e. The molecule has 1 aliphatic rings. The SMILES string of the molecule is O=C(NO[C@@H]1CCCCO1)N(Cc1ccco1)Cc1ccco1. The van der Waals surface area contributed by atoms with Crippen LogP contribution in [0.25, 0.3) is 0 Å². The van der Waals surface area contributed by atoms with Gasteiger partial charge in [0.25, 0.3) is 0 Å². The van der Waals surface area contributed by atoms with Crippen LogP contribution in [0.4, 0.5) is 4.79 Å². The molecule has 0 radical (unpaired) electrons. The van der Waals surface area contributed by atoms with Gasteiger partial charge in [0.15, 0.2) is 6.29 Å². The van der Waals surface area contributed by atoms with Crippen LogP contribution >= 0.6 is 0 Å². The van der Waals surface area contributed by atoms with Gasteiger partial charge in [-0.05, 0) is 37.1 Å². The Balaban J connectivity index is 1.57. The molecule has 1 saturated heterocycles. The lowest BCUT2D eigenvalue weighted by atomic mass is 10.2. The molecule has 2 aromatic heterocycles. The van der Waals surface area contributed by atoms with Gasteiger partial charge >= 0.3 is 6.03 Å². The molecule has 0 bridgehead atoms. The highest BCUT2D eigenvalue weighted by molar-refractivity contribution is 5.72. The molecule has 0 aliphatic carbocycles. The molecule has 2 aromatic rings. The zero-order valence-electron chi connectivity index (χ0n) is 12.8. The Kier molecular flexibility index (Phi) is 5.33. The van der Waals surface area contributed by atoms with E-state index in [0.717, 1.165) is 19.3 Å². The third-order valence-electron chi connectivity index (χ3n) is 3.56. The van der Waals surface area contributed by atoms with Crippen LogP contribution in [-0.4, -0.2) is 23.8 Å². The Bertz CT molecular complexity index is 539. The molecule has 2 amide bonds. The third-order valence-corrected chi connectivity index (χ3v) is 3.56. The summed E-state index contributed by atoms with van der Waals surface area (Å²) in [5.74, 6) is 1.36. The quantitative estimate of drug-likeness (QED) is 0.828. The molecule has 0 spiro atoms. The average Bonchev–Trinajstić information content (AvgIpc) is 3.27. The van der Waals surface area contributed by atoms with Gasteiger partial charge < -0.3 is 18.5 Å². The zero-order chi connectivity index (χ0) is 15.9. The molecule has 1 fully saturated rings. The Hall–Kier alpha value is -2.25. The predicted octanol–water partition coefficient (Wildman–Crippen LogP) is 3.04. The number of ether oxygens (including phenoxy) is 1. The first-order valence-electron chi connectivity index (χ1n) is 7.68. The fraction of sp³-hybridized carbons (Fsp3) is 0.438. The van der Waals surface area contributed by atoms with Crippen LogP contribution in [0.1, 0.15) is 30.8 Å². The van der Waals surface area contributed by atoms with E-state index in [-0.39, 0.29) is 12.3 Å². The van der Waals surface area contributed by atoms with Crippen LogP contribution in [0.3, 0.4) is 0 Å². The van der Waals surface area contributed by atoms with Gasteiger partial charge in [-0.3, -0.25) is 0 Å². The van der Waals surface area contributed by atoms with E-state index >= 15 is 0 Å². The topological polar surface area (TPSA) is 77.1 Å². The van der Waals surface area contributed by atoms with Crippen molar-refractivity contribution >= 4 is 6.03 Å². The number of nitrogens with zero attached hydrogens (tertiary/aromatic N) is 1. The van der Waals surface area contributed by atoms with Gasteiger partial charge in [-0.2, -0.15) is 0 Å². The van der Waals surface area contributed by atoms with Gasteiger partial charge in [-0.15, -0.1) is 0 Å². The van der Waals surface area contributed by atoms with E-state index in [1.165, 1.54) is 0 Å². The number of furan rings is 2. The monoisotopic (exact) mass is 320 g/mol. The van der Waals surface area contributed by atoms with E-state index < -0.39 is 0 Å². The van der Waals surface area contributed by atoms with Crippen molar-refractivity contribution in [1.29, 1.82) is 0 Å². The molecular formula is C16H20N2O5. The van der Waals surface area contributed by atoms with Gasteiger partial charge in [0.2, 0.25) is 0 Å². The molecular weight excluding hydrogens is 300 g/mol. The van der Waals surface area contributed by atoms with Crippen LogP contribution < -0.4 is 5.48 Å².